The first kappa shape index (κ1) is 25.1. The van der Waals surface area contributed by atoms with Gasteiger partial charge in [0.1, 0.15) is 0 Å². The number of thiophene rings is 1. The van der Waals surface area contributed by atoms with Crippen LogP contribution in [0.5, 0.6) is 0 Å². The van der Waals surface area contributed by atoms with E-state index in [0.29, 0.717) is 16.9 Å². The number of anilines is 1. The summed E-state index contributed by atoms with van der Waals surface area (Å²) in [5.41, 5.74) is 4.26. The molecule has 0 aliphatic rings. The third-order valence-corrected chi connectivity index (χ3v) is 7.33. The molecular weight excluding hydrogens is 456 g/mol. The molecule has 4 aromatic rings. The second kappa shape index (κ2) is 9.59. The van der Waals surface area contributed by atoms with Gasteiger partial charge < -0.3 is 9.88 Å². The highest BCUT2D eigenvalue weighted by molar-refractivity contribution is 7.17. The van der Waals surface area contributed by atoms with E-state index in [9.17, 15) is 4.79 Å². The molecular formula is C27H36N6OS. The second-order valence-electron chi connectivity index (χ2n) is 11.5. The van der Waals surface area contributed by atoms with Crippen LogP contribution in [0.4, 0.5) is 5.95 Å². The third-order valence-electron chi connectivity index (χ3n) is 6.19. The number of amides is 1. The molecule has 3 heterocycles. The van der Waals surface area contributed by atoms with Crippen LogP contribution in [-0.4, -0.2) is 31.7 Å². The average Bonchev–Trinajstić information content (AvgIpc) is 3.51. The zero-order chi connectivity index (χ0) is 25.4. The van der Waals surface area contributed by atoms with Crippen LogP contribution in [0.15, 0.2) is 42.7 Å². The van der Waals surface area contributed by atoms with Gasteiger partial charge in [-0.2, -0.15) is 5.10 Å². The fourth-order valence-corrected chi connectivity index (χ4v) is 4.64. The van der Waals surface area contributed by atoms with Gasteiger partial charge in [0.25, 0.3) is 5.91 Å². The SMILES string of the molecule is C[C@H](NCc1ccc2c(c1)nc(NC(=O)c1ccc(-c3cn[nH]c3)s1)n2CC(C)(C)C)C(C)(C)C. The summed E-state index contributed by atoms with van der Waals surface area (Å²) in [6.07, 6.45) is 3.58. The zero-order valence-corrected chi connectivity index (χ0v) is 22.5. The minimum absolute atomic E-state index is 0.0207. The fourth-order valence-electron chi connectivity index (χ4n) is 3.76. The summed E-state index contributed by atoms with van der Waals surface area (Å²) < 4.78 is 2.12. The predicted molar refractivity (Wildman–Crippen MR) is 145 cm³/mol. The molecule has 0 bridgehead atoms. The number of carbonyl (C=O) groups excluding carboxylic acids is 1. The summed E-state index contributed by atoms with van der Waals surface area (Å²) in [7, 11) is 0. The molecule has 1 amide bonds. The Morgan fingerprint density at radius 3 is 2.57 bits per heavy atom. The van der Waals surface area contributed by atoms with Crippen LogP contribution in [-0.2, 0) is 13.1 Å². The van der Waals surface area contributed by atoms with Crippen molar-refractivity contribution in [2.24, 2.45) is 10.8 Å². The fraction of sp³-hybridized carbons (Fsp3) is 0.444. The third kappa shape index (κ3) is 6.00. The Morgan fingerprint density at radius 1 is 1.14 bits per heavy atom. The van der Waals surface area contributed by atoms with Gasteiger partial charge in [-0.05, 0) is 47.6 Å². The number of nitrogens with zero attached hydrogens (tertiary/aromatic N) is 3. The van der Waals surface area contributed by atoms with Crippen molar-refractivity contribution in [2.45, 2.75) is 67.6 Å². The summed E-state index contributed by atoms with van der Waals surface area (Å²) in [4.78, 5) is 19.6. The molecule has 0 spiro atoms. The van der Waals surface area contributed by atoms with E-state index in [4.69, 9.17) is 4.98 Å². The van der Waals surface area contributed by atoms with Crippen LogP contribution in [0.2, 0.25) is 0 Å². The van der Waals surface area contributed by atoms with Crippen molar-refractivity contribution in [3.8, 4) is 10.4 Å². The van der Waals surface area contributed by atoms with Crippen LogP contribution in [0.3, 0.4) is 0 Å². The van der Waals surface area contributed by atoms with Gasteiger partial charge in [-0.3, -0.25) is 15.2 Å². The number of nitrogens with one attached hydrogen (secondary N) is 3. The molecule has 1 atom stereocenters. The number of H-pyrrole nitrogens is 1. The highest BCUT2D eigenvalue weighted by Gasteiger charge is 2.22. The van der Waals surface area contributed by atoms with Gasteiger partial charge in [-0.15, -0.1) is 11.3 Å². The van der Waals surface area contributed by atoms with Crippen molar-refractivity contribution in [3.63, 3.8) is 0 Å². The van der Waals surface area contributed by atoms with Crippen molar-refractivity contribution < 1.29 is 4.79 Å². The Balaban J connectivity index is 1.60. The first-order valence-corrected chi connectivity index (χ1v) is 12.9. The Morgan fingerprint density at radius 2 is 1.91 bits per heavy atom. The van der Waals surface area contributed by atoms with Crippen molar-refractivity contribution >= 4 is 34.2 Å². The number of hydrogen-bond acceptors (Lipinski definition) is 5. The standard InChI is InChI=1S/C27H36N6OS/c1-17(27(5,6)7)28-13-18-8-9-21-20(12-18)31-25(33(21)16-26(2,3)4)32-24(34)23-11-10-22(35-23)19-14-29-30-15-19/h8-12,14-15,17,28H,13,16H2,1-7H3,(H,29,30)(H,31,32,34)/t17-/m0/s1. The number of fused-ring (bicyclic) bond motifs is 1. The molecule has 0 fully saturated rings. The van der Waals surface area contributed by atoms with Crippen LogP contribution in [0.25, 0.3) is 21.5 Å². The number of rotatable bonds is 7. The lowest BCUT2D eigenvalue weighted by Gasteiger charge is -2.28. The van der Waals surface area contributed by atoms with Gasteiger partial charge in [0.2, 0.25) is 5.95 Å². The molecule has 0 aliphatic carbocycles. The molecule has 3 N–H and O–H groups in total. The van der Waals surface area contributed by atoms with E-state index >= 15 is 0 Å². The normalized spacial score (nSPS) is 13.3. The molecule has 35 heavy (non-hydrogen) atoms. The number of benzene rings is 1. The van der Waals surface area contributed by atoms with E-state index in [1.807, 2.05) is 18.3 Å². The number of aromatic amines is 1. The van der Waals surface area contributed by atoms with Gasteiger partial charge in [-0.1, -0.05) is 47.6 Å². The maximum absolute atomic E-state index is 13.1. The summed E-state index contributed by atoms with van der Waals surface area (Å²) in [5, 5.41) is 13.5. The van der Waals surface area contributed by atoms with E-state index in [2.05, 4.69) is 92.1 Å². The van der Waals surface area contributed by atoms with Crippen molar-refractivity contribution in [2.75, 3.05) is 5.32 Å². The molecule has 8 heteroatoms. The molecule has 0 saturated heterocycles. The predicted octanol–water partition coefficient (Wildman–Crippen LogP) is 6.31. The Kier molecular flexibility index (Phi) is 6.88. The Labute approximate surface area is 211 Å². The number of carbonyl (C=O) groups is 1. The van der Waals surface area contributed by atoms with Crippen LogP contribution < -0.4 is 10.6 Å². The highest BCUT2D eigenvalue weighted by Crippen LogP contribution is 2.30. The van der Waals surface area contributed by atoms with E-state index in [1.54, 1.807) is 6.20 Å². The largest absolute Gasteiger partial charge is 0.310 e. The first-order chi connectivity index (χ1) is 16.4. The van der Waals surface area contributed by atoms with E-state index in [0.717, 1.165) is 34.6 Å². The number of hydrogen-bond donors (Lipinski definition) is 3. The molecule has 0 aliphatic heterocycles. The lowest BCUT2D eigenvalue weighted by Crippen LogP contribution is -2.37. The quantitative estimate of drug-likeness (QED) is 0.282. The van der Waals surface area contributed by atoms with Gasteiger partial charge in [0, 0.05) is 35.8 Å². The maximum Gasteiger partial charge on any atom is 0.268 e. The van der Waals surface area contributed by atoms with Crippen molar-refractivity contribution in [3.05, 3.63) is 53.2 Å². The van der Waals surface area contributed by atoms with Crippen molar-refractivity contribution in [1.29, 1.82) is 0 Å². The minimum Gasteiger partial charge on any atom is -0.310 e. The van der Waals surface area contributed by atoms with Crippen LogP contribution in [0.1, 0.15) is 63.7 Å². The average molecular weight is 493 g/mol. The highest BCUT2D eigenvalue weighted by atomic mass is 32.1. The molecule has 1 aromatic carbocycles. The van der Waals surface area contributed by atoms with Gasteiger partial charge in [-0.25, -0.2) is 4.98 Å². The summed E-state index contributed by atoms with van der Waals surface area (Å²) in [6.45, 7) is 17.0. The molecule has 7 nitrogen and oxygen atoms in total. The van der Waals surface area contributed by atoms with Crippen LogP contribution in [0, 0.1) is 10.8 Å². The lowest BCUT2D eigenvalue weighted by atomic mass is 9.88. The maximum atomic E-state index is 13.1. The first-order valence-electron chi connectivity index (χ1n) is 12.0. The molecule has 0 unspecified atom stereocenters. The van der Waals surface area contributed by atoms with Gasteiger partial charge in [0.05, 0.1) is 22.1 Å². The van der Waals surface area contributed by atoms with Crippen LogP contribution >= 0.6 is 11.3 Å². The minimum atomic E-state index is -0.156. The molecule has 3 aromatic heterocycles. The summed E-state index contributed by atoms with van der Waals surface area (Å²) in [6, 6.07) is 10.6. The molecule has 4 rings (SSSR count). The van der Waals surface area contributed by atoms with Gasteiger partial charge in [0.15, 0.2) is 0 Å². The van der Waals surface area contributed by atoms with E-state index < -0.39 is 0 Å². The lowest BCUT2D eigenvalue weighted by molar-refractivity contribution is 0.102. The summed E-state index contributed by atoms with van der Waals surface area (Å²) >= 11 is 1.44. The van der Waals surface area contributed by atoms with Crippen molar-refractivity contribution in [1.82, 2.24) is 25.1 Å². The smallest absolute Gasteiger partial charge is 0.268 e. The number of aromatic nitrogens is 4. The molecule has 186 valence electrons. The van der Waals surface area contributed by atoms with E-state index in [-0.39, 0.29) is 16.7 Å². The van der Waals surface area contributed by atoms with Gasteiger partial charge >= 0.3 is 0 Å². The Hall–Kier alpha value is -2.97. The van der Waals surface area contributed by atoms with E-state index in [1.165, 1.54) is 16.9 Å². The zero-order valence-electron chi connectivity index (χ0n) is 21.7. The second-order valence-corrected chi connectivity index (χ2v) is 12.6. The molecule has 0 radical (unpaired) electrons. The molecule has 0 saturated carbocycles. The summed E-state index contributed by atoms with van der Waals surface area (Å²) in [5.74, 6) is 0.419. The number of imidazole rings is 1. The topological polar surface area (TPSA) is 87.6 Å². The Bertz CT molecular complexity index is 1300. The monoisotopic (exact) mass is 492 g/mol.